The monoisotopic (exact) mass is 335 g/mol. The van der Waals surface area contributed by atoms with Crippen LogP contribution in [0.4, 0.5) is 5.82 Å². The summed E-state index contributed by atoms with van der Waals surface area (Å²) in [5, 5.41) is 18.6. The molecule has 0 radical (unpaired) electrons. The molecule has 2 aliphatic rings. The summed E-state index contributed by atoms with van der Waals surface area (Å²) in [6.45, 7) is 6.80. The van der Waals surface area contributed by atoms with Gasteiger partial charge in [-0.05, 0) is 32.0 Å². The summed E-state index contributed by atoms with van der Waals surface area (Å²) in [6.07, 6.45) is 3.70. The van der Waals surface area contributed by atoms with Crippen molar-refractivity contribution in [3.05, 3.63) is 18.3 Å². The van der Waals surface area contributed by atoms with Crippen LogP contribution in [0.2, 0.25) is 0 Å². The molecule has 3 rings (SSSR count). The second-order valence-electron chi connectivity index (χ2n) is 6.83. The van der Waals surface area contributed by atoms with E-state index in [9.17, 15) is 5.11 Å². The Kier molecular flexibility index (Phi) is 6.37. The highest BCUT2D eigenvalue weighted by atomic mass is 16.5. The van der Waals surface area contributed by atoms with Crippen molar-refractivity contribution in [2.45, 2.75) is 25.0 Å². The molecule has 2 atom stereocenters. The minimum Gasteiger partial charge on any atom is -0.390 e. The number of β-amino-alcohol motifs (C(OH)–C–C–N with tert-alkyl or cyclic N) is 1. The van der Waals surface area contributed by atoms with Crippen LogP contribution in [0.1, 0.15) is 12.8 Å². The number of aliphatic hydroxyl groups excluding tert-OH is 1. The van der Waals surface area contributed by atoms with Crippen molar-refractivity contribution in [2.24, 2.45) is 0 Å². The molecule has 134 valence electrons. The number of ether oxygens (including phenoxy) is 1. The number of morpholine rings is 1. The second kappa shape index (κ2) is 8.71. The number of piperidine rings is 1. The quantitative estimate of drug-likeness (QED) is 0.789. The summed E-state index contributed by atoms with van der Waals surface area (Å²) in [5.41, 5.74) is 0. The summed E-state index contributed by atoms with van der Waals surface area (Å²) in [6, 6.07) is 4.39. The molecule has 1 aromatic rings. The van der Waals surface area contributed by atoms with Crippen LogP contribution in [0, 0.1) is 0 Å². The van der Waals surface area contributed by atoms with Gasteiger partial charge in [-0.2, -0.15) is 5.10 Å². The highest BCUT2D eigenvalue weighted by Gasteiger charge is 2.26. The molecule has 24 heavy (non-hydrogen) atoms. The van der Waals surface area contributed by atoms with Crippen LogP contribution < -0.4 is 4.90 Å². The van der Waals surface area contributed by atoms with Gasteiger partial charge in [-0.15, -0.1) is 5.10 Å². The Bertz CT molecular complexity index is 483. The molecule has 0 saturated carbocycles. The summed E-state index contributed by atoms with van der Waals surface area (Å²) >= 11 is 0. The highest BCUT2D eigenvalue weighted by Crippen LogP contribution is 2.19. The molecule has 0 bridgehead atoms. The Morgan fingerprint density at radius 3 is 2.96 bits per heavy atom. The van der Waals surface area contributed by atoms with Gasteiger partial charge < -0.3 is 14.7 Å². The molecule has 2 fully saturated rings. The molecule has 0 spiro atoms. The van der Waals surface area contributed by atoms with Gasteiger partial charge in [-0.25, -0.2) is 0 Å². The van der Waals surface area contributed by atoms with Crippen LogP contribution in [-0.2, 0) is 4.74 Å². The van der Waals surface area contributed by atoms with Gasteiger partial charge >= 0.3 is 0 Å². The lowest BCUT2D eigenvalue weighted by Crippen LogP contribution is -2.50. The van der Waals surface area contributed by atoms with E-state index in [1.807, 2.05) is 12.1 Å². The van der Waals surface area contributed by atoms with Crippen molar-refractivity contribution >= 4 is 5.82 Å². The smallest absolute Gasteiger partial charge is 0.151 e. The van der Waals surface area contributed by atoms with Gasteiger partial charge in [0, 0.05) is 51.5 Å². The van der Waals surface area contributed by atoms with Crippen LogP contribution in [-0.4, -0.2) is 96.8 Å². The van der Waals surface area contributed by atoms with Crippen LogP contribution in [0.15, 0.2) is 18.3 Å². The average molecular weight is 335 g/mol. The zero-order chi connectivity index (χ0) is 16.8. The minimum absolute atomic E-state index is 0.319. The molecular weight excluding hydrogens is 306 g/mol. The molecule has 2 saturated heterocycles. The van der Waals surface area contributed by atoms with Crippen molar-refractivity contribution < 1.29 is 9.84 Å². The van der Waals surface area contributed by atoms with E-state index in [0.717, 1.165) is 64.6 Å². The fraction of sp³-hybridized carbons (Fsp3) is 0.765. The van der Waals surface area contributed by atoms with E-state index in [1.54, 1.807) is 6.20 Å². The number of hydrogen-bond acceptors (Lipinski definition) is 7. The summed E-state index contributed by atoms with van der Waals surface area (Å²) in [5.74, 6) is 0.949. The molecule has 0 unspecified atom stereocenters. The van der Waals surface area contributed by atoms with Crippen LogP contribution >= 0.6 is 0 Å². The molecule has 1 aromatic heterocycles. The topological polar surface area (TPSA) is 65.0 Å². The van der Waals surface area contributed by atoms with Crippen LogP contribution in [0.5, 0.6) is 0 Å². The maximum atomic E-state index is 10.4. The van der Waals surface area contributed by atoms with E-state index < -0.39 is 0 Å². The number of aromatic nitrogens is 2. The summed E-state index contributed by atoms with van der Waals surface area (Å²) in [7, 11) is 2.12. The zero-order valence-corrected chi connectivity index (χ0v) is 14.5. The predicted molar refractivity (Wildman–Crippen MR) is 93.2 cm³/mol. The van der Waals surface area contributed by atoms with Crippen molar-refractivity contribution in [3.63, 3.8) is 0 Å². The maximum Gasteiger partial charge on any atom is 0.151 e. The van der Waals surface area contributed by atoms with E-state index in [1.165, 1.54) is 0 Å². The molecule has 7 heteroatoms. The number of hydrogen-bond donors (Lipinski definition) is 1. The molecule has 2 aliphatic heterocycles. The van der Waals surface area contributed by atoms with Crippen molar-refractivity contribution in [1.82, 2.24) is 20.0 Å². The summed E-state index contributed by atoms with van der Waals surface area (Å²) < 4.78 is 5.36. The van der Waals surface area contributed by atoms with Gasteiger partial charge in [0.2, 0.25) is 0 Å². The molecule has 3 heterocycles. The third-order valence-electron chi connectivity index (χ3n) is 4.97. The third kappa shape index (κ3) is 4.86. The zero-order valence-electron chi connectivity index (χ0n) is 14.5. The fourth-order valence-corrected chi connectivity index (χ4v) is 3.61. The standard InChI is InChI=1S/C17H29N5O2/c1-20(13-16(23)14-21-8-10-24-11-9-21)15-4-3-7-22(12-15)17-5-2-6-18-19-17/h2,5-6,15-16,23H,3-4,7-14H2,1H3/t15-,16+/m0/s1. The van der Waals surface area contributed by atoms with Gasteiger partial charge in [0.1, 0.15) is 0 Å². The SMILES string of the molecule is CN(C[C@@H](O)CN1CCOCC1)[C@H]1CCCN(c2cccnn2)C1. The van der Waals surface area contributed by atoms with Crippen molar-refractivity contribution in [1.29, 1.82) is 0 Å². The number of anilines is 1. The molecule has 0 aromatic carbocycles. The maximum absolute atomic E-state index is 10.4. The van der Waals surface area contributed by atoms with Gasteiger partial charge in [-0.3, -0.25) is 9.80 Å². The first-order valence-electron chi connectivity index (χ1n) is 8.93. The van der Waals surface area contributed by atoms with Gasteiger partial charge in [-0.1, -0.05) is 0 Å². The average Bonchev–Trinajstić information content (AvgIpc) is 2.63. The lowest BCUT2D eigenvalue weighted by Gasteiger charge is -2.39. The van der Waals surface area contributed by atoms with Crippen molar-refractivity contribution in [3.8, 4) is 0 Å². The number of nitrogens with zero attached hydrogens (tertiary/aromatic N) is 5. The fourth-order valence-electron chi connectivity index (χ4n) is 3.61. The Balaban J connectivity index is 1.47. The predicted octanol–water partition coefficient (Wildman–Crippen LogP) is 0.0703. The van der Waals surface area contributed by atoms with E-state index in [0.29, 0.717) is 12.6 Å². The van der Waals surface area contributed by atoms with E-state index >= 15 is 0 Å². The number of rotatable bonds is 6. The van der Waals surface area contributed by atoms with Gasteiger partial charge in [0.05, 0.1) is 19.3 Å². The van der Waals surface area contributed by atoms with Crippen LogP contribution in [0.25, 0.3) is 0 Å². The molecule has 0 aliphatic carbocycles. The largest absolute Gasteiger partial charge is 0.390 e. The molecular formula is C17H29N5O2. The number of likely N-dealkylation sites (N-methyl/N-ethyl adjacent to an activating group) is 1. The lowest BCUT2D eigenvalue weighted by molar-refractivity contribution is 0.00529. The first-order valence-corrected chi connectivity index (χ1v) is 8.93. The van der Waals surface area contributed by atoms with Gasteiger partial charge in [0.25, 0.3) is 0 Å². The third-order valence-corrected chi connectivity index (χ3v) is 4.97. The minimum atomic E-state index is -0.319. The van der Waals surface area contributed by atoms with Crippen molar-refractivity contribution in [2.75, 3.05) is 64.4 Å². The highest BCUT2D eigenvalue weighted by molar-refractivity contribution is 5.37. The normalized spacial score (nSPS) is 24.3. The first kappa shape index (κ1) is 17.5. The Hall–Kier alpha value is -1.28. The van der Waals surface area contributed by atoms with E-state index in [4.69, 9.17) is 4.74 Å². The molecule has 0 amide bonds. The molecule has 1 N–H and O–H groups in total. The number of aliphatic hydroxyl groups is 1. The van der Waals surface area contributed by atoms with Crippen LogP contribution in [0.3, 0.4) is 0 Å². The van der Waals surface area contributed by atoms with E-state index in [-0.39, 0.29) is 6.10 Å². The second-order valence-corrected chi connectivity index (χ2v) is 6.83. The van der Waals surface area contributed by atoms with E-state index in [2.05, 4.69) is 31.9 Å². The summed E-state index contributed by atoms with van der Waals surface area (Å²) in [4.78, 5) is 6.88. The Morgan fingerprint density at radius 1 is 1.38 bits per heavy atom. The lowest BCUT2D eigenvalue weighted by atomic mass is 10.0. The Labute approximate surface area is 144 Å². The first-order chi connectivity index (χ1) is 11.7. The Morgan fingerprint density at radius 2 is 2.21 bits per heavy atom. The molecule has 7 nitrogen and oxygen atoms in total. The van der Waals surface area contributed by atoms with Gasteiger partial charge in [0.15, 0.2) is 5.82 Å².